The fourth-order valence-corrected chi connectivity index (χ4v) is 12.9. The molecule has 0 fully saturated rings. The van der Waals surface area contributed by atoms with E-state index in [4.69, 9.17) is 53.1 Å². The molecular formula is C87H130N11O20+. The summed E-state index contributed by atoms with van der Waals surface area (Å²) in [5, 5.41) is 23.2. The van der Waals surface area contributed by atoms with Crippen LogP contribution in [0.15, 0.2) is 72.8 Å². The predicted molar refractivity (Wildman–Crippen MR) is 442 cm³/mol. The number of hydrogen-bond acceptors (Lipinski definition) is 22. The van der Waals surface area contributed by atoms with Gasteiger partial charge in [-0.1, -0.05) is 106 Å². The minimum Gasteiger partial charge on any atom is -0.461 e. The van der Waals surface area contributed by atoms with Crippen LogP contribution in [-0.4, -0.2) is 244 Å². The number of para-hydroxylation sites is 1. The number of amides is 7. The van der Waals surface area contributed by atoms with Crippen molar-refractivity contribution in [1.29, 1.82) is 0 Å². The number of likely N-dealkylation sites (N-methyl/N-ethyl adjacent to an activating group) is 1. The summed E-state index contributed by atoms with van der Waals surface area (Å²) in [5.74, 6) is 1.48. The molecule has 0 saturated heterocycles. The van der Waals surface area contributed by atoms with E-state index in [1.165, 1.54) is 0 Å². The van der Waals surface area contributed by atoms with E-state index in [1.54, 1.807) is 56.9 Å². The molecular weight excluding hydrogens is 1520 g/mol. The summed E-state index contributed by atoms with van der Waals surface area (Å²) < 4.78 is 59.6. The zero-order chi connectivity index (χ0) is 85.1. The third-order valence-corrected chi connectivity index (χ3v) is 19.7. The number of urea groups is 1. The van der Waals surface area contributed by atoms with Gasteiger partial charge in [0, 0.05) is 93.3 Å². The van der Waals surface area contributed by atoms with E-state index >= 15 is 0 Å². The normalized spacial score (nSPS) is 14.0. The van der Waals surface area contributed by atoms with Gasteiger partial charge in [-0.25, -0.2) is 9.48 Å². The first kappa shape index (κ1) is 97.9. The van der Waals surface area contributed by atoms with Gasteiger partial charge in [0.25, 0.3) is 0 Å². The van der Waals surface area contributed by atoms with Crippen LogP contribution in [0.5, 0.6) is 0 Å². The van der Waals surface area contributed by atoms with Crippen molar-refractivity contribution in [3.8, 4) is 11.8 Å². The van der Waals surface area contributed by atoms with Crippen molar-refractivity contribution >= 4 is 70.3 Å². The third kappa shape index (κ3) is 40.2. The van der Waals surface area contributed by atoms with E-state index in [0.717, 1.165) is 64.8 Å². The van der Waals surface area contributed by atoms with Gasteiger partial charge in [-0.15, -0.1) is 5.10 Å². The Labute approximate surface area is 695 Å². The van der Waals surface area contributed by atoms with E-state index in [0.29, 0.717) is 161 Å². The number of hydrogen-bond donors (Lipinski definition) is 6. The summed E-state index contributed by atoms with van der Waals surface area (Å²) in [5.41, 5.74) is 11.4. The summed E-state index contributed by atoms with van der Waals surface area (Å²) in [6.07, 6.45) is 6.34. The van der Waals surface area contributed by atoms with Crippen LogP contribution in [0.2, 0.25) is 0 Å². The lowest BCUT2D eigenvalue weighted by atomic mass is 9.88. The number of ether oxygens (including phenoxy) is 10. The van der Waals surface area contributed by atoms with Crippen LogP contribution in [-0.2, 0) is 117 Å². The van der Waals surface area contributed by atoms with Gasteiger partial charge < -0.3 is 89.1 Å². The second-order valence-electron chi connectivity index (χ2n) is 31.1. The summed E-state index contributed by atoms with van der Waals surface area (Å²) in [6.45, 7) is 14.8. The maximum Gasteiger partial charge on any atom is 0.312 e. The van der Waals surface area contributed by atoms with E-state index in [-0.39, 0.29) is 139 Å². The fourth-order valence-electron chi connectivity index (χ4n) is 12.9. The Balaban J connectivity index is 0.908. The molecule has 0 saturated carbocycles. The third-order valence-electron chi connectivity index (χ3n) is 19.7. The number of esters is 1. The largest absolute Gasteiger partial charge is 0.461 e. The van der Waals surface area contributed by atoms with Crippen LogP contribution in [0.1, 0.15) is 177 Å². The second kappa shape index (κ2) is 56.5. The smallest absolute Gasteiger partial charge is 0.312 e. The Bertz CT molecular complexity index is 3780. The molecule has 7 amide bonds. The molecule has 1 aliphatic carbocycles. The molecule has 6 rings (SSSR count). The van der Waals surface area contributed by atoms with Gasteiger partial charge in [-0.05, 0) is 98.7 Å². The van der Waals surface area contributed by atoms with Crippen LogP contribution in [0.4, 0.5) is 16.2 Å². The molecule has 1 unspecified atom stereocenters. The molecule has 4 atom stereocenters. The van der Waals surface area contributed by atoms with Crippen LogP contribution in [0, 0.1) is 35.5 Å². The highest BCUT2D eigenvalue weighted by Crippen LogP contribution is 2.31. The monoisotopic (exact) mass is 1650 g/mol. The van der Waals surface area contributed by atoms with Crippen LogP contribution >= 0.6 is 0 Å². The Morgan fingerprint density at radius 2 is 1.16 bits per heavy atom. The first-order valence-electron chi connectivity index (χ1n) is 41.9. The number of nitrogens with one attached hydrogen (secondary N) is 5. The molecule has 652 valence electrons. The van der Waals surface area contributed by atoms with Crippen molar-refractivity contribution in [1.82, 2.24) is 36.3 Å². The summed E-state index contributed by atoms with van der Waals surface area (Å²) >= 11 is 0. The fraction of sp³-hybridized carbons (Fsp3) is 0.632. The Morgan fingerprint density at radius 1 is 0.568 bits per heavy atom. The number of benzene rings is 3. The number of aromatic nitrogens is 3. The summed E-state index contributed by atoms with van der Waals surface area (Å²) in [4.78, 5) is 134. The molecule has 4 aromatic rings. The average molecular weight is 1650 g/mol. The molecule has 2 heterocycles. The quantitative estimate of drug-likeness (QED) is 0.0107. The minimum atomic E-state index is -1.04. The zero-order valence-electron chi connectivity index (χ0n) is 70.6. The number of quaternary nitrogens is 1. The number of nitrogens with two attached hydrogens (primary N) is 1. The van der Waals surface area contributed by atoms with E-state index in [2.05, 4.69) is 69.9 Å². The standard InChI is InChI=1S/C87H129N11O20/c1-64(2)82(77(101)60-70(23-17-39-91-87(88)108)84(105)92-72-32-28-66(29-33-72)62-118-86(107)65(3)4)93-85(106)69(59-74(100)36-44-110-48-52-114-56-55-113-51-47-109-43-18-24-73(99)34-35-81(104)96-61-71-22-12-11-19-67(71)30-31-68-20-13-14-25-75(68)96)21-15-16-38-89-80(103)63-117-78-27-10-8-9-26-76-83(78)94-95-97(76)41-46-112-50-54-116-58-57-115-53-49-111-45-37-79(102)90-40-42-98(5,6)7/h11-14,19-20,22,25,28-29,32-33,64-65,69-70,78,82H,8-10,15-18,21,23-24,26-27,34-63H2,1-7H3,(H6-,88,89,90,91,92,93,102,103,105,106,108)/p+1/t69-,70+,78?,82-/m0/s1. The van der Waals surface area contributed by atoms with Gasteiger partial charge in [0.05, 0.1) is 170 Å². The van der Waals surface area contributed by atoms with Crippen molar-refractivity contribution < 1.29 is 99.8 Å². The molecule has 31 nitrogen and oxygen atoms in total. The van der Waals surface area contributed by atoms with Crippen LogP contribution in [0.25, 0.3) is 0 Å². The lowest BCUT2D eigenvalue weighted by Gasteiger charge is -2.26. The van der Waals surface area contributed by atoms with Gasteiger partial charge in [0.15, 0.2) is 5.78 Å². The van der Waals surface area contributed by atoms with Crippen LogP contribution in [0.3, 0.4) is 0 Å². The summed E-state index contributed by atoms with van der Waals surface area (Å²) in [6, 6.07) is 20.3. The first-order valence-corrected chi connectivity index (χ1v) is 41.9. The Hall–Kier alpha value is -8.94. The number of unbranched alkanes of at least 4 members (excludes halogenated alkanes) is 1. The highest BCUT2D eigenvalue weighted by atomic mass is 16.6. The van der Waals surface area contributed by atoms with Crippen molar-refractivity contribution in [3.05, 3.63) is 106 Å². The van der Waals surface area contributed by atoms with Gasteiger partial charge in [-0.3, -0.25) is 43.2 Å². The number of fused-ring (bicyclic) bond motifs is 3. The SMILES string of the molecule is CC(C)C(=O)OCc1ccc(NC(=O)[C@H](CCCNC(N)=O)CC(=O)[C@@H](NC(=O)[C@@H](CCCCNC(=O)COC2CCCCCc3c2nnn3CCOCCOCCOCCOCCC(=O)NCC[N+](C)(C)C)CC(=O)CCOCCOCCOCCOCCCC(=O)CCC(=O)N2Cc3ccccc3C#Cc3ccccc32)C(C)C)cc1. The van der Waals surface area contributed by atoms with E-state index in [1.807, 2.05) is 53.2 Å². The molecule has 0 radical (unpaired) electrons. The van der Waals surface area contributed by atoms with Gasteiger partial charge >= 0.3 is 12.0 Å². The molecule has 1 aliphatic heterocycles. The maximum atomic E-state index is 14.5. The lowest BCUT2D eigenvalue weighted by Crippen LogP contribution is -2.48. The predicted octanol–water partition coefficient (Wildman–Crippen LogP) is 7.63. The minimum absolute atomic E-state index is 0.00288. The number of rotatable bonds is 62. The first-order chi connectivity index (χ1) is 56.9. The highest BCUT2D eigenvalue weighted by molar-refractivity contribution is 5.99. The van der Waals surface area contributed by atoms with Crippen molar-refractivity contribution in [2.75, 3.05) is 170 Å². The lowest BCUT2D eigenvalue weighted by molar-refractivity contribution is -0.869. The number of Topliss-reactive ketones (excluding diaryl/α,β-unsaturated/α-hetero) is 3. The molecule has 0 bridgehead atoms. The topological polar surface area (TPSA) is 383 Å². The van der Waals surface area contributed by atoms with Gasteiger partial charge in [0.2, 0.25) is 29.5 Å². The van der Waals surface area contributed by atoms with E-state index in [9.17, 15) is 47.9 Å². The second-order valence-corrected chi connectivity index (χ2v) is 31.1. The zero-order valence-corrected chi connectivity index (χ0v) is 70.6. The number of nitrogens with zero attached hydrogens (tertiary/aromatic N) is 5. The highest BCUT2D eigenvalue weighted by Gasteiger charge is 2.33. The van der Waals surface area contributed by atoms with Crippen LogP contribution < -0.4 is 37.2 Å². The molecule has 1 aromatic heterocycles. The van der Waals surface area contributed by atoms with E-state index < -0.39 is 53.5 Å². The Morgan fingerprint density at radius 3 is 1.82 bits per heavy atom. The molecule has 118 heavy (non-hydrogen) atoms. The van der Waals surface area contributed by atoms with Crippen molar-refractivity contribution in [3.63, 3.8) is 0 Å². The molecule has 2 aliphatic rings. The number of ketones is 3. The molecule has 3 aromatic carbocycles. The van der Waals surface area contributed by atoms with Crippen molar-refractivity contribution in [2.24, 2.45) is 29.4 Å². The van der Waals surface area contributed by atoms with Gasteiger partial charge in [0.1, 0.15) is 36.6 Å². The summed E-state index contributed by atoms with van der Waals surface area (Å²) in [7, 11) is 6.23. The maximum absolute atomic E-state index is 14.5. The molecule has 7 N–H and O–H groups in total. The molecule has 31 heteroatoms. The Kier molecular flexibility index (Phi) is 46.9. The number of carbonyl (C=O) groups is 10. The number of anilines is 2. The van der Waals surface area contributed by atoms with Crippen molar-refractivity contribution in [2.45, 2.75) is 175 Å². The molecule has 0 spiro atoms. The van der Waals surface area contributed by atoms with Gasteiger partial charge in [-0.2, -0.15) is 0 Å². The number of carbonyl (C=O) groups excluding carboxylic acids is 10. The number of primary amides is 1. The average Bonchev–Trinajstić information content (AvgIpc) is 1.22.